The second kappa shape index (κ2) is 5.16. The molecule has 0 aliphatic rings. The summed E-state index contributed by atoms with van der Waals surface area (Å²) < 4.78 is 5.05. The molecule has 5 nitrogen and oxygen atoms in total. The summed E-state index contributed by atoms with van der Waals surface area (Å²) in [4.78, 5) is 8.05. The Kier molecular flexibility index (Phi) is 3.40. The van der Waals surface area contributed by atoms with E-state index in [0.717, 1.165) is 11.3 Å². The molecule has 0 unspecified atom stereocenters. The summed E-state index contributed by atoms with van der Waals surface area (Å²) in [7, 11) is 1.60. The molecule has 0 atom stereocenters. The van der Waals surface area contributed by atoms with Gasteiger partial charge in [-0.05, 0) is 23.8 Å². The highest BCUT2D eigenvalue weighted by atomic mass is 16.5. The molecule has 3 N–H and O–H groups in total. The van der Waals surface area contributed by atoms with Crippen molar-refractivity contribution in [2.75, 3.05) is 18.2 Å². The third-order valence-electron chi connectivity index (χ3n) is 2.33. The summed E-state index contributed by atoms with van der Waals surface area (Å²) in [6.07, 6.45) is 3.37. The van der Waals surface area contributed by atoms with Gasteiger partial charge in [0, 0.05) is 25.0 Å². The Morgan fingerprint density at radius 1 is 1.29 bits per heavy atom. The number of hydrogen-bond donors (Lipinski definition) is 2. The van der Waals surface area contributed by atoms with E-state index in [0.29, 0.717) is 18.2 Å². The molecule has 0 aromatic carbocycles. The van der Waals surface area contributed by atoms with Crippen LogP contribution in [-0.4, -0.2) is 17.1 Å². The van der Waals surface area contributed by atoms with E-state index in [1.54, 1.807) is 19.5 Å². The van der Waals surface area contributed by atoms with E-state index < -0.39 is 0 Å². The number of methoxy groups -OCH3 is 1. The lowest BCUT2D eigenvalue weighted by Crippen LogP contribution is -2.03. The highest BCUT2D eigenvalue weighted by molar-refractivity contribution is 5.60. The molecule has 2 heterocycles. The van der Waals surface area contributed by atoms with Gasteiger partial charge in [-0.2, -0.15) is 0 Å². The third kappa shape index (κ3) is 2.84. The van der Waals surface area contributed by atoms with Crippen molar-refractivity contribution in [1.29, 1.82) is 0 Å². The monoisotopic (exact) mass is 230 g/mol. The molecule has 0 spiro atoms. The predicted octanol–water partition coefficient (Wildman–Crippen LogP) is 1.68. The van der Waals surface area contributed by atoms with Crippen molar-refractivity contribution in [1.82, 2.24) is 9.97 Å². The Bertz CT molecular complexity index is 501. The maximum Gasteiger partial charge on any atom is 0.213 e. The first-order valence-corrected chi connectivity index (χ1v) is 5.23. The van der Waals surface area contributed by atoms with Crippen molar-refractivity contribution < 1.29 is 4.74 Å². The molecule has 0 amide bonds. The van der Waals surface area contributed by atoms with Crippen molar-refractivity contribution >= 4 is 11.5 Å². The number of ether oxygens (including phenoxy) is 1. The Morgan fingerprint density at radius 3 is 2.94 bits per heavy atom. The van der Waals surface area contributed by atoms with Crippen molar-refractivity contribution in [3.05, 3.63) is 42.2 Å². The molecule has 17 heavy (non-hydrogen) atoms. The minimum atomic E-state index is 0.494. The van der Waals surface area contributed by atoms with E-state index in [-0.39, 0.29) is 0 Å². The number of nitrogens with zero attached hydrogens (tertiary/aromatic N) is 2. The highest BCUT2D eigenvalue weighted by Crippen LogP contribution is 2.16. The Labute approximate surface area is 99.7 Å². The first-order chi connectivity index (χ1) is 8.29. The standard InChI is InChI=1S/C12H14N4O/c1-17-11-7-9(4-6-14-11)8-16-10-3-2-5-15-12(10)13/h2-7,16H,8H2,1H3,(H2,13,15). The summed E-state index contributed by atoms with van der Waals surface area (Å²) in [6, 6.07) is 7.52. The van der Waals surface area contributed by atoms with E-state index in [1.165, 1.54) is 0 Å². The number of anilines is 2. The minimum Gasteiger partial charge on any atom is -0.481 e. The number of rotatable bonds is 4. The van der Waals surface area contributed by atoms with Gasteiger partial charge in [0.2, 0.25) is 5.88 Å². The first-order valence-electron chi connectivity index (χ1n) is 5.23. The largest absolute Gasteiger partial charge is 0.481 e. The van der Waals surface area contributed by atoms with Crippen LogP contribution in [0.5, 0.6) is 5.88 Å². The summed E-state index contributed by atoms with van der Waals surface area (Å²) >= 11 is 0. The molecule has 2 aromatic heterocycles. The van der Waals surface area contributed by atoms with Crippen LogP contribution in [0.4, 0.5) is 11.5 Å². The van der Waals surface area contributed by atoms with Crippen LogP contribution in [0, 0.1) is 0 Å². The molecule has 0 saturated heterocycles. The zero-order chi connectivity index (χ0) is 12.1. The van der Waals surface area contributed by atoms with Gasteiger partial charge in [-0.15, -0.1) is 0 Å². The molecular weight excluding hydrogens is 216 g/mol. The molecule has 0 aliphatic heterocycles. The van der Waals surface area contributed by atoms with E-state index in [4.69, 9.17) is 10.5 Å². The zero-order valence-electron chi connectivity index (χ0n) is 9.55. The average Bonchev–Trinajstić information content (AvgIpc) is 2.38. The molecule has 2 rings (SSSR count). The molecule has 0 bridgehead atoms. The van der Waals surface area contributed by atoms with E-state index in [9.17, 15) is 0 Å². The normalized spacial score (nSPS) is 9.94. The van der Waals surface area contributed by atoms with Crippen LogP contribution in [0.2, 0.25) is 0 Å². The Morgan fingerprint density at radius 2 is 2.18 bits per heavy atom. The van der Waals surface area contributed by atoms with Gasteiger partial charge in [0.25, 0.3) is 0 Å². The molecule has 0 aliphatic carbocycles. The van der Waals surface area contributed by atoms with Gasteiger partial charge in [-0.25, -0.2) is 9.97 Å². The van der Waals surface area contributed by atoms with Crippen LogP contribution in [-0.2, 0) is 6.54 Å². The number of nitrogen functional groups attached to an aromatic ring is 1. The second-order valence-electron chi connectivity index (χ2n) is 3.50. The summed E-state index contributed by atoms with van der Waals surface area (Å²) in [5, 5.41) is 3.21. The fourth-order valence-electron chi connectivity index (χ4n) is 1.44. The van der Waals surface area contributed by atoms with E-state index in [2.05, 4.69) is 15.3 Å². The number of nitrogens with two attached hydrogens (primary N) is 1. The van der Waals surface area contributed by atoms with Crippen LogP contribution >= 0.6 is 0 Å². The SMILES string of the molecule is COc1cc(CNc2cccnc2N)ccn1. The fourth-order valence-corrected chi connectivity index (χ4v) is 1.44. The number of pyridine rings is 2. The Hall–Kier alpha value is -2.30. The fraction of sp³-hybridized carbons (Fsp3) is 0.167. The lowest BCUT2D eigenvalue weighted by molar-refractivity contribution is 0.397. The van der Waals surface area contributed by atoms with Gasteiger partial charge in [0.1, 0.15) is 5.82 Å². The lowest BCUT2D eigenvalue weighted by Gasteiger charge is -2.08. The molecule has 2 aromatic rings. The van der Waals surface area contributed by atoms with Gasteiger partial charge in [-0.1, -0.05) is 0 Å². The van der Waals surface area contributed by atoms with Crippen LogP contribution < -0.4 is 15.8 Å². The molecular formula is C12H14N4O. The summed E-state index contributed by atoms with van der Waals surface area (Å²) in [5.41, 5.74) is 7.62. The molecule has 0 radical (unpaired) electrons. The van der Waals surface area contributed by atoms with Crippen LogP contribution in [0.3, 0.4) is 0 Å². The van der Waals surface area contributed by atoms with Gasteiger partial charge >= 0.3 is 0 Å². The first kappa shape index (κ1) is 11.2. The van der Waals surface area contributed by atoms with Crippen molar-refractivity contribution in [2.24, 2.45) is 0 Å². The summed E-state index contributed by atoms with van der Waals surface area (Å²) in [6.45, 7) is 0.648. The number of hydrogen-bond acceptors (Lipinski definition) is 5. The topological polar surface area (TPSA) is 73.1 Å². The van der Waals surface area contributed by atoms with Crippen molar-refractivity contribution in [2.45, 2.75) is 6.54 Å². The molecule has 0 fully saturated rings. The highest BCUT2D eigenvalue weighted by Gasteiger charge is 2.00. The second-order valence-corrected chi connectivity index (χ2v) is 3.50. The van der Waals surface area contributed by atoms with Gasteiger partial charge in [-0.3, -0.25) is 0 Å². The Balaban J connectivity index is 2.05. The van der Waals surface area contributed by atoms with Gasteiger partial charge < -0.3 is 15.8 Å². The average molecular weight is 230 g/mol. The molecule has 5 heteroatoms. The smallest absolute Gasteiger partial charge is 0.213 e. The van der Waals surface area contributed by atoms with Crippen molar-refractivity contribution in [3.63, 3.8) is 0 Å². The maximum atomic E-state index is 5.73. The lowest BCUT2D eigenvalue weighted by atomic mass is 10.2. The third-order valence-corrected chi connectivity index (χ3v) is 2.33. The van der Waals surface area contributed by atoms with E-state index >= 15 is 0 Å². The summed E-state index contributed by atoms with van der Waals surface area (Å²) in [5.74, 6) is 1.09. The number of nitrogens with one attached hydrogen (secondary N) is 1. The van der Waals surface area contributed by atoms with Crippen LogP contribution in [0.1, 0.15) is 5.56 Å². The van der Waals surface area contributed by atoms with Crippen molar-refractivity contribution in [3.8, 4) is 5.88 Å². The number of aromatic nitrogens is 2. The molecule has 88 valence electrons. The maximum absolute atomic E-state index is 5.73. The van der Waals surface area contributed by atoms with Gasteiger partial charge in [0.15, 0.2) is 0 Å². The van der Waals surface area contributed by atoms with E-state index in [1.807, 2.05) is 24.3 Å². The molecule has 0 saturated carbocycles. The minimum absolute atomic E-state index is 0.494. The zero-order valence-corrected chi connectivity index (χ0v) is 9.55. The quantitative estimate of drug-likeness (QED) is 0.836. The van der Waals surface area contributed by atoms with Crippen LogP contribution in [0.15, 0.2) is 36.7 Å². The van der Waals surface area contributed by atoms with Gasteiger partial charge in [0.05, 0.1) is 12.8 Å². The van der Waals surface area contributed by atoms with Crippen LogP contribution in [0.25, 0.3) is 0 Å². The predicted molar refractivity (Wildman–Crippen MR) is 66.8 cm³/mol.